The van der Waals surface area contributed by atoms with Crippen LogP contribution in [0.4, 0.5) is 0 Å². The molecule has 3 aromatic rings. The topological polar surface area (TPSA) is 43.6 Å². The van der Waals surface area contributed by atoms with E-state index in [-0.39, 0.29) is 0 Å². The maximum atomic E-state index is 4.70. The quantitative estimate of drug-likeness (QED) is 0.718. The van der Waals surface area contributed by atoms with Crippen molar-refractivity contribution in [1.29, 1.82) is 0 Å². The first-order valence-corrected chi connectivity index (χ1v) is 7.62. The monoisotopic (exact) mass is 300 g/mol. The first-order valence-electron chi connectivity index (χ1n) is 7.62. The lowest BCUT2D eigenvalue weighted by Crippen LogP contribution is -1.97. The standard InChI is InChI=1S/C19H16N4/c1-14-20-10-11-23(14)17-8-9-18-16(12-17)13-21-19(22-18)15-6-4-2-3-5-7-15/h2,4-13H,3H2,1H3. The minimum Gasteiger partial charge on any atom is -0.304 e. The van der Waals surface area contributed by atoms with Crippen molar-refractivity contribution in [2.45, 2.75) is 13.3 Å². The highest BCUT2D eigenvalue weighted by atomic mass is 15.1. The third-order valence-corrected chi connectivity index (χ3v) is 3.91. The van der Waals surface area contributed by atoms with Crippen LogP contribution < -0.4 is 0 Å². The zero-order chi connectivity index (χ0) is 15.6. The Morgan fingerprint density at radius 3 is 2.96 bits per heavy atom. The van der Waals surface area contributed by atoms with Gasteiger partial charge in [-0.3, -0.25) is 0 Å². The lowest BCUT2D eigenvalue weighted by Gasteiger charge is -2.07. The largest absolute Gasteiger partial charge is 0.304 e. The van der Waals surface area contributed by atoms with E-state index in [0.717, 1.165) is 40.2 Å². The molecule has 4 nitrogen and oxygen atoms in total. The molecule has 23 heavy (non-hydrogen) atoms. The minimum atomic E-state index is 0.756. The van der Waals surface area contributed by atoms with Crippen LogP contribution in [0.15, 0.2) is 67.2 Å². The Morgan fingerprint density at radius 1 is 1.13 bits per heavy atom. The second-order valence-corrected chi connectivity index (χ2v) is 5.47. The molecular weight excluding hydrogens is 284 g/mol. The smallest absolute Gasteiger partial charge is 0.159 e. The molecule has 0 saturated carbocycles. The van der Waals surface area contributed by atoms with E-state index in [1.54, 1.807) is 6.20 Å². The van der Waals surface area contributed by atoms with Crippen molar-refractivity contribution in [2.75, 3.05) is 0 Å². The van der Waals surface area contributed by atoms with Gasteiger partial charge in [-0.25, -0.2) is 15.0 Å². The van der Waals surface area contributed by atoms with Crippen LogP contribution >= 0.6 is 0 Å². The number of rotatable bonds is 2. The molecule has 0 aliphatic heterocycles. The summed E-state index contributed by atoms with van der Waals surface area (Å²) in [6, 6.07) is 6.18. The molecule has 0 saturated heterocycles. The molecule has 0 bridgehead atoms. The highest BCUT2D eigenvalue weighted by molar-refractivity contribution is 5.82. The number of imidazole rings is 1. The van der Waals surface area contributed by atoms with Gasteiger partial charge in [0.1, 0.15) is 5.82 Å². The number of nitrogens with zero attached hydrogens (tertiary/aromatic N) is 4. The normalized spacial score (nSPS) is 14.0. The summed E-state index contributed by atoms with van der Waals surface area (Å²) in [4.78, 5) is 13.5. The van der Waals surface area contributed by atoms with E-state index >= 15 is 0 Å². The molecule has 4 heteroatoms. The van der Waals surface area contributed by atoms with Gasteiger partial charge in [0.05, 0.1) is 5.52 Å². The van der Waals surface area contributed by atoms with E-state index in [1.807, 2.05) is 37.5 Å². The summed E-state index contributed by atoms with van der Waals surface area (Å²) < 4.78 is 2.05. The van der Waals surface area contributed by atoms with Gasteiger partial charge in [-0.1, -0.05) is 30.4 Å². The predicted octanol–water partition coefficient (Wildman–Crippen LogP) is 4.02. The molecule has 2 heterocycles. The average molecular weight is 300 g/mol. The molecule has 0 amide bonds. The van der Waals surface area contributed by atoms with Gasteiger partial charge in [0.25, 0.3) is 0 Å². The fraction of sp³-hybridized carbons (Fsp3) is 0.105. The van der Waals surface area contributed by atoms with Crippen molar-refractivity contribution in [1.82, 2.24) is 19.5 Å². The number of fused-ring (bicyclic) bond motifs is 1. The van der Waals surface area contributed by atoms with Gasteiger partial charge in [0.2, 0.25) is 0 Å². The van der Waals surface area contributed by atoms with E-state index in [0.29, 0.717) is 0 Å². The van der Waals surface area contributed by atoms with Gasteiger partial charge in [-0.2, -0.15) is 0 Å². The zero-order valence-corrected chi connectivity index (χ0v) is 12.8. The summed E-state index contributed by atoms with van der Waals surface area (Å²) in [7, 11) is 0. The van der Waals surface area contributed by atoms with Crippen LogP contribution in [0.1, 0.15) is 18.1 Å². The minimum absolute atomic E-state index is 0.756. The first-order chi connectivity index (χ1) is 11.3. The Bertz CT molecular complexity index is 960. The lowest BCUT2D eigenvalue weighted by atomic mass is 10.2. The van der Waals surface area contributed by atoms with Crippen LogP contribution in [0.3, 0.4) is 0 Å². The first kappa shape index (κ1) is 13.6. The van der Waals surface area contributed by atoms with Crippen molar-refractivity contribution in [3.8, 4) is 5.69 Å². The molecule has 0 spiro atoms. The second kappa shape index (κ2) is 5.65. The highest BCUT2D eigenvalue weighted by Crippen LogP contribution is 2.21. The average Bonchev–Trinajstić information content (AvgIpc) is 2.84. The molecular formula is C19H16N4. The van der Waals surface area contributed by atoms with E-state index in [9.17, 15) is 0 Å². The third kappa shape index (κ3) is 2.59. The summed E-state index contributed by atoms with van der Waals surface area (Å²) in [5, 5.41) is 1.02. The van der Waals surface area contributed by atoms with Crippen LogP contribution in [0, 0.1) is 6.92 Å². The molecule has 2 aromatic heterocycles. The van der Waals surface area contributed by atoms with Crippen molar-refractivity contribution in [3.05, 3.63) is 78.8 Å². The van der Waals surface area contributed by atoms with Crippen LogP contribution in [-0.4, -0.2) is 19.5 Å². The van der Waals surface area contributed by atoms with Crippen molar-refractivity contribution in [2.24, 2.45) is 0 Å². The SMILES string of the molecule is Cc1nccn1-c1ccc2nc(C3=CC=CCC=C3)ncc2c1. The molecule has 0 unspecified atom stereocenters. The predicted molar refractivity (Wildman–Crippen MR) is 92.3 cm³/mol. The maximum absolute atomic E-state index is 4.70. The summed E-state index contributed by atoms with van der Waals surface area (Å²) in [5.74, 6) is 1.72. The third-order valence-electron chi connectivity index (χ3n) is 3.91. The molecule has 0 fully saturated rings. The van der Waals surface area contributed by atoms with Gasteiger partial charge in [-0.15, -0.1) is 0 Å². The van der Waals surface area contributed by atoms with E-state index in [4.69, 9.17) is 4.98 Å². The lowest BCUT2D eigenvalue weighted by molar-refractivity contribution is 0.976. The summed E-state index contributed by atoms with van der Waals surface area (Å²) in [6.45, 7) is 1.99. The summed E-state index contributed by atoms with van der Waals surface area (Å²) in [5.41, 5.74) is 3.05. The van der Waals surface area contributed by atoms with Crippen molar-refractivity contribution in [3.63, 3.8) is 0 Å². The second-order valence-electron chi connectivity index (χ2n) is 5.47. The van der Waals surface area contributed by atoms with Gasteiger partial charge in [0, 0.05) is 35.2 Å². The van der Waals surface area contributed by atoms with Crippen molar-refractivity contribution < 1.29 is 0 Å². The Balaban J connectivity index is 1.78. The Morgan fingerprint density at radius 2 is 2.09 bits per heavy atom. The summed E-state index contributed by atoms with van der Waals surface area (Å²) >= 11 is 0. The van der Waals surface area contributed by atoms with Crippen LogP contribution in [0.25, 0.3) is 22.2 Å². The maximum Gasteiger partial charge on any atom is 0.159 e. The molecule has 0 atom stereocenters. The van der Waals surface area contributed by atoms with Crippen LogP contribution in [0.5, 0.6) is 0 Å². The summed E-state index contributed by atoms with van der Waals surface area (Å²) in [6.07, 6.45) is 17.0. The van der Waals surface area contributed by atoms with E-state index in [1.165, 1.54) is 0 Å². The number of aryl methyl sites for hydroxylation is 1. The fourth-order valence-corrected chi connectivity index (χ4v) is 2.69. The van der Waals surface area contributed by atoms with Gasteiger partial charge in [0.15, 0.2) is 5.82 Å². The molecule has 1 aliphatic carbocycles. The molecule has 4 rings (SSSR count). The fourth-order valence-electron chi connectivity index (χ4n) is 2.69. The zero-order valence-electron chi connectivity index (χ0n) is 12.8. The number of hydrogen-bond acceptors (Lipinski definition) is 3. The van der Waals surface area contributed by atoms with E-state index < -0.39 is 0 Å². The van der Waals surface area contributed by atoms with Gasteiger partial charge >= 0.3 is 0 Å². The van der Waals surface area contributed by atoms with Crippen LogP contribution in [0.2, 0.25) is 0 Å². The number of benzene rings is 1. The molecule has 0 radical (unpaired) electrons. The van der Waals surface area contributed by atoms with Crippen molar-refractivity contribution >= 4 is 16.5 Å². The number of hydrogen-bond donors (Lipinski definition) is 0. The van der Waals surface area contributed by atoms with E-state index in [2.05, 4.69) is 44.9 Å². The van der Waals surface area contributed by atoms with Gasteiger partial charge in [-0.05, 0) is 31.5 Å². The molecule has 112 valence electrons. The number of aromatic nitrogens is 4. The Kier molecular flexibility index (Phi) is 3.35. The van der Waals surface area contributed by atoms with Gasteiger partial charge < -0.3 is 4.57 Å². The molecule has 0 N–H and O–H groups in total. The molecule has 1 aromatic carbocycles. The molecule has 1 aliphatic rings. The number of allylic oxidation sites excluding steroid dienone is 6. The van der Waals surface area contributed by atoms with Crippen LogP contribution in [-0.2, 0) is 0 Å². The highest BCUT2D eigenvalue weighted by Gasteiger charge is 2.06. The Labute approximate surface area is 134 Å². The Hall–Kier alpha value is -3.01.